The molecular weight excluding hydrogens is 254 g/mol. The van der Waals surface area contributed by atoms with E-state index in [1.807, 2.05) is 0 Å². The van der Waals surface area contributed by atoms with Crippen LogP contribution >= 0.6 is 11.6 Å². The van der Waals surface area contributed by atoms with Gasteiger partial charge in [-0.2, -0.15) is 0 Å². The quantitative estimate of drug-likeness (QED) is 0.864. The van der Waals surface area contributed by atoms with Crippen LogP contribution in [0.15, 0.2) is 36.7 Å². The Kier molecular flexibility index (Phi) is 3.74. The van der Waals surface area contributed by atoms with Crippen LogP contribution in [0.25, 0.3) is 0 Å². The van der Waals surface area contributed by atoms with Gasteiger partial charge in [0, 0.05) is 11.6 Å². The number of methoxy groups -OCH3 is 1. The number of aromatic nitrogens is 2. The molecule has 18 heavy (non-hydrogen) atoms. The van der Waals surface area contributed by atoms with Crippen LogP contribution in [-0.2, 0) is 0 Å². The average molecular weight is 264 g/mol. The summed E-state index contributed by atoms with van der Waals surface area (Å²) in [6.45, 7) is 0. The Morgan fingerprint density at radius 3 is 2.89 bits per heavy atom. The molecule has 1 aromatic carbocycles. The number of carbonyl (C=O) groups excluding carboxylic acids is 1. The normalized spacial score (nSPS) is 9.89. The Balaban J connectivity index is 2.16. The van der Waals surface area contributed by atoms with Gasteiger partial charge in [0.25, 0.3) is 5.91 Å². The second kappa shape index (κ2) is 5.46. The average Bonchev–Trinajstić information content (AvgIpc) is 2.39. The second-order valence-corrected chi connectivity index (χ2v) is 3.80. The molecule has 0 bridgehead atoms. The second-order valence-electron chi connectivity index (χ2n) is 3.41. The van der Waals surface area contributed by atoms with Gasteiger partial charge in [-0.05, 0) is 18.2 Å². The van der Waals surface area contributed by atoms with Crippen molar-refractivity contribution in [1.82, 2.24) is 9.97 Å². The molecule has 92 valence electrons. The van der Waals surface area contributed by atoms with E-state index in [0.717, 1.165) is 0 Å². The topological polar surface area (TPSA) is 64.1 Å². The predicted octanol–water partition coefficient (Wildman–Crippen LogP) is 2.39. The lowest BCUT2D eigenvalue weighted by Gasteiger charge is -2.05. The maximum Gasteiger partial charge on any atom is 0.256 e. The van der Waals surface area contributed by atoms with Crippen LogP contribution in [0, 0.1) is 0 Å². The maximum atomic E-state index is 11.9. The molecule has 0 saturated carbocycles. The third kappa shape index (κ3) is 2.95. The minimum Gasteiger partial charge on any atom is -0.497 e. The molecule has 1 heterocycles. The van der Waals surface area contributed by atoms with E-state index >= 15 is 0 Å². The standard InChI is InChI=1S/C12H10ClN3O2/c1-18-9-4-2-3-8(5-9)12(17)16-11-6-10(13)14-7-15-11/h2-7H,1H3,(H,14,15,16,17). The Labute approximate surface area is 109 Å². The number of nitrogens with zero attached hydrogens (tertiary/aromatic N) is 2. The van der Waals surface area contributed by atoms with Crippen molar-refractivity contribution in [3.63, 3.8) is 0 Å². The lowest BCUT2D eigenvalue weighted by atomic mass is 10.2. The summed E-state index contributed by atoms with van der Waals surface area (Å²) in [7, 11) is 1.54. The van der Waals surface area contributed by atoms with Gasteiger partial charge >= 0.3 is 0 Å². The molecule has 0 aliphatic rings. The van der Waals surface area contributed by atoms with E-state index in [0.29, 0.717) is 17.1 Å². The van der Waals surface area contributed by atoms with Crippen LogP contribution in [0.3, 0.4) is 0 Å². The number of benzene rings is 1. The molecule has 6 heteroatoms. The van der Waals surface area contributed by atoms with E-state index in [2.05, 4.69) is 15.3 Å². The highest BCUT2D eigenvalue weighted by molar-refractivity contribution is 6.29. The fourth-order valence-electron chi connectivity index (χ4n) is 1.35. The van der Waals surface area contributed by atoms with E-state index in [-0.39, 0.29) is 11.1 Å². The molecule has 0 aliphatic heterocycles. The van der Waals surface area contributed by atoms with Gasteiger partial charge in [0.1, 0.15) is 23.0 Å². The molecule has 1 aromatic heterocycles. The van der Waals surface area contributed by atoms with Crippen molar-refractivity contribution in [3.8, 4) is 5.75 Å². The van der Waals surface area contributed by atoms with Crippen molar-refractivity contribution >= 4 is 23.3 Å². The van der Waals surface area contributed by atoms with E-state index in [9.17, 15) is 4.79 Å². The summed E-state index contributed by atoms with van der Waals surface area (Å²) >= 11 is 5.70. The highest BCUT2D eigenvalue weighted by Crippen LogP contribution is 2.14. The van der Waals surface area contributed by atoms with Gasteiger partial charge in [0.15, 0.2) is 0 Å². The predicted molar refractivity (Wildman–Crippen MR) is 68.0 cm³/mol. The first kappa shape index (κ1) is 12.3. The molecule has 5 nitrogen and oxygen atoms in total. The number of carbonyl (C=O) groups is 1. The molecule has 0 fully saturated rings. The highest BCUT2D eigenvalue weighted by atomic mass is 35.5. The van der Waals surface area contributed by atoms with Crippen molar-refractivity contribution in [2.45, 2.75) is 0 Å². The Morgan fingerprint density at radius 1 is 1.33 bits per heavy atom. The summed E-state index contributed by atoms with van der Waals surface area (Å²) in [5, 5.41) is 2.89. The summed E-state index contributed by atoms with van der Waals surface area (Å²) < 4.78 is 5.05. The van der Waals surface area contributed by atoms with Crippen LogP contribution in [0.4, 0.5) is 5.82 Å². The molecule has 0 aliphatic carbocycles. The van der Waals surface area contributed by atoms with Crippen molar-refractivity contribution < 1.29 is 9.53 Å². The van der Waals surface area contributed by atoms with Gasteiger partial charge in [-0.3, -0.25) is 4.79 Å². The fraction of sp³-hybridized carbons (Fsp3) is 0.0833. The molecular formula is C12H10ClN3O2. The number of hydrogen-bond donors (Lipinski definition) is 1. The summed E-state index contributed by atoms with van der Waals surface area (Å²) in [5.41, 5.74) is 0.476. The number of anilines is 1. The van der Waals surface area contributed by atoms with Crippen molar-refractivity contribution in [3.05, 3.63) is 47.4 Å². The van der Waals surface area contributed by atoms with Crippen LogP contribution in [-0.4, -0.2) is 23.0 Å². The van der Waals surface area contributed by atoms with Crippen molar-refractivity contribution in [2.24, 2.45) is 0 Å². The lowest BCUT2D eigenvalue weighted by Crippen LogP contribution is -2.13. The van der Waals surface area contributed by atoms with Gasteiger partial charge < -0.3 is 10.1 Å². The molecule has 0 atom stereocenters. The van der Waals surface area contributed by atoms with Gasteiger partial charge in [-0.15, -0.1) is 0 Å². The highest BCUT2D eigenvalue weighted by Gasteiger charge is 2.08. The number of hydrogen-bond acceptors (Lipinski definition) is 4. The first-order valence-corrected chi connectivity index (χ1v) is 5.50. The number of nitrogens with one attached hydrogen (secondary N) is 1. The van der Waals surface area contributed by atoms with Crippen LogP contribution in [0.2, 0.25) is 5.15 Å². The van der Waals surface area contributed by atoms with Gasteiger partial charge in [0.05, 0.1) is 7.11 Å². The molecule has 1 amide bonds. The summed E-state index contributed by atoms with van der Waals surface area (Å²) in [5.74, 6) is 0.676. The Hall–Kier alpha value is -2.14. The zero-order valence-electron chi connectivity index (χ0n) is 9.55. The van der Waals surface area contributed by atoms with Crippen molar-refractivity contribution in [1.29, 1.82) is 0 Å². The first-order chi connectivity index (χ1) is 8.69. The van der Waals surface area contributed by atoms with E-state index in [1.54, 1.807) is 31.4 Å². The molecule has 0 radical (unpaired) electrons. The molecule has 0 spiro atoms. The van der Waals surface area contributed by atoms with Crippen LogP contribution in [0.1, 0.15) is 10.4 Å². The van der Waals surface area contributed by atoms with E-state index in [1.165, 1.54) is 12.4 Å². The van der Waals surface area contributed by atoms with Gasteiger partial charge in [-0.25, -0.2) is 9.97 Å². The summed E-state index contributed by atoms with van der Waals surface area (Å²) in [6, 6.07) is 8.29. The first-order valence-electron chi connectivity index (χ1n) is 5.12. The molecule has 0 saturated heterocycles. The largest absolute Gasteiger partial charge is 0.497 e. The zero-order chi connectivity index (χ0) is 13.0. The Morgan fingerprint density at radius 2 is 2.17 bits per heavy atom. The summed E-state index contributed by atoms with van der Waals surface area (Å²) in [4.78, 5) is 19.5. The van der Waals surface area contributed by atoms with E-state index < -0.39 is 0 Å². The number of rotatable bonds is 3. The van der Waals surface area contributed by atoms with Crippen LogP contribution in [0.5, 0.6) is 5.75 Å². The minimum absolute atomic E-state index is 0.269. The van der Waals surface area contributed by atoms with E-state index in [4.69, 9.17) is 16.3 Å². The Bertz CT molecular complexity index is 575. The van der Waals surface area contributed by atoms with Crippen molar-refractivity contribution in [2.75, 3.05) is 12.4 Å². The molecule has 2 aromatic rings. The third-order valence-corrected chi connectivity index (χ3v) is 2.41. The minimum atomic E-state index is -0.288. The van der Waals surface area contributed by atoms with Gasteiger partial charge in [-0.1, -0.05) is 17.7 Å². The summed E-state index contributed by atoms with van der Waals surface area (Å²) in [6.07, 6.45) is 1.28. The monoisotopic (exact) mass is 263 g/mol. The zero-order valence-corrected chi connectivity index (χ0v) is 10.3. The molecule has 1 N–H and O–H groups in total. The number of halogens is 1. The van der Waals surface area contributed by atoms with Crippen LogP contribution < -0.4 is 10.1 Å². The molecule has 0 unspecified atom stereocenters. The number of ether oxygens (including phenoxy) is 1. The lowest BCUT2D eigenvalue weighted by molar-refractivity contribution is 0.102. The smallest absolute Gasteiger partial charge is 0.256 e. The van der Waals surface area contributed by atoms with Gasteiger partial charge in [0.2, 0.25) is 0 Å². The number of amides is 1. The maximum absolute atomic E-state index is 11.9. The molecule has 2 rings (SSSR count). The third-order valence-electron chi connectivity index (χ3n) is 2.21. The fourth-order valence-corrected chi connectivity index (χ4v) is 1.50. The SMILES string of the molecule is COc1cccc(C(=O)Nc2cc(Cl)ncn2)c1.